The fourth-order valence-electron chi connectivity index (χ4n) is 0.664. The molecule has 0 aliphatic rings. The van der Waals surface area contributed by atoms with Crippen LogP contribution in [0.5, 0.6) is 0 Å². The lowest BCUT2D eigenvalue weighted by Crippen LogP contribution is -1.86. The molecule has 0 aromatic carbocycles. The summed E-state index contributed by atoms with van der Waals surface area (Å²) in [6, 6.07) is 5.61. The fraction of sp³-hybridized carbons (Fsp3) is 0.143. The quantitative estimate of drug-likeness (QED) is 0.574. The van der Waals surface area contributed by atoms with Crippen LogP contribution in [0.4, 0.5) is 0 Å². The van der Waals surface area contributed by atoms with Crippen LogP contribution in [0.2, 0.25) is 0 Å². The summed E-state index contributed by atoms with van der Waals surface area (Å²) in [5.41, 5.74) is 1.48. The summed E-state index contributed by atoms with van der Waals surface area (Å²) < 4.78 is 0.599. The van der Waals surface area contributed by atoms with Crippen molar-refractivity contribution in [2.45, 2.75) is 6.92 Å². The predicted molar refractivity (Wildman–Crippen MR) is 41.1 cm³/mol. The number of nitrogens with one attached hydrogen (secondary N) is 1. The van der Waals surface area contributed by atoms with Crippen LogP contribution in [0, 0.1) is 22.9 Å². The van der Waals surface area contributed by atoms with Crippen LogP contribution in [-0.2, 0) is 0 Å². The molecule has 0 amide bonds. The number of pyridine rings is 1. The Kier molecular flexibility index (Phi) is 1.83. The third-order valence-corrected chi connectivity index (χ3v) is 1.48. The van der Waals surface area contributed by atoms with Crippen molar-refractivity contribution in [3.05, 3.63) is 28.0 Å². The molecule has 0 radical (unpaired) electrons. The number of rotatable bonds is 0. The van der Waals surface area contributed by atoms with Gasteiger partial charge in [-0.15, -0.1) is 0 Å². The van der Waals surface area contributed by atoms with E-state index in [1.165, 1.54) is 0 Å². The zero-order chi connectivity index (χ0) is 7.56. The Bertz CT molecular complexity index is 332. The molecule has 0 aliphatic carbocycles. The van der Waals surface area contributed by atoms with E-state index in [2.05, 4.69) is 4.98 Å². The number of nitriles is 1. The smallest absolute Gasteiger partial charge is 0.121 e. The largest absolute Gasteiger partial charge is 0.338 e. The van der Waals surface area contributed by atoms with Gasteiger partial charge in [-0.25, -0.2) is 0 Å². The predicted octanol–water partition coefficient (Wildman–Crippen LogP) is 1.92. The average Bonchev–Trinajstić information content (AvgIpc) is 1.94. The summed E-state index contributed by atoms with van der Waals surface area (Å²) in [4.78, 5) is 2.78. The number of aryl methyl sites for hydroxylation is 1. The molecule has 2 nitrogen and oxygen atoms in total. The molecule has 0 saturated carbocycles. The van der Waals surface area contributed by atoms with Gasteiger partial charge in [0.2, 0.25) is 0 Å². The Morgan fingerprint density at radius 1 is 1.60 bits per heavy atom. The summed E-state index contributed by atoms with van der Waals surface area (Å²) in [7, 11) is 0. The number of hydrogen-bond donors (Lipinski definition) is 1. The Morgan fingerprint density at radius 2 is 2.30 bits per heavy atom. The first-order chi connectivity index (χ1) is 4.74. The van der Waals surface area contributed by atoms with Crippen molar-refractivity contribution >= 4 is 12.2 Å². The molecule has 1 aromatic heterocycles. The first-order valence-corrected chi connectivity index (χ1v) is 3.25. The van der Waals surface area contributed by atoms with E-state index >= 15 is 0 Å². The van der Waals surface area contributed by atoms with Gasteiger partial charge in [-0.3, -0.25) is 0 Å². The van der Waals surface area contributed by atoms with Crippen LogP contribution in [0.15, 0.2) is 12.1 Å². The van der Waals surface area contributed by atoms with Gasteiger partial charge in [-0.2, -0.15) is 5.26 Å². The molecule has 3 heteroatoms. The summed E-state index contributed by atoms with van der Waals surface area (Å²) in [6.45, 7) is 1.86. The lowest BCUT2D eigenvalue weighted by Gasteiger charge is -1.93. The molecule has 1 N–H and O–H groups in total. The van der Waals surface area contributed by atoms with Crippen molar-refractivity contribution in [1.29, 1.82) is 5.26 Å². The van der Waals surface area contributed by atoms with Crippen molar-refractivity contribution in [1.82, 2.24) is 4.98 Å². The Balaban J connectivity index is 3.40. The molecular formula is C7H6N2S. The third-order valence-electron chi connectivity index (χ3n) is 1.24. The van der Waals surface area contributed by atoms with Gasteiger partial charge in [-0.1, -0.05) is 18.3 Å². The number of aromatic nitrogens is 1. The molecule has 0 bridgehead atoms. The molecule has 0 atom stereocenters. The van der Waals surface area contributed by atoms with Gasteiger partial charge in [0.15, 0.2) is 0 Å². The molecule has 50 valence electrons. The van der Waals surface area contributed by atoms with Crippen molar-refractivity contribution in [2.75, 3.05) is 0 Å². The second-order valence-electron chi connectivity index (χ2n) is 1.99. The van der Waals surface area contributed by atoms with Gasteiger partial charge >= 0.3 is 0 Å². The average molecular weight is 150 g/mol. The third kappa shape index (κ3) is 1.23. The van der Waals surface area contributed by atoms with Crippen molar-refractivity contribution in [3.8, 4) is 6.07 Å². The van der Waals surface area contributed by atoms with Gasteiger partial charge in [0, 0.05) is 0 Å². The van der Waals surface area contributed by atoms with Crippen molar-refractivity contribution < 1.29 is 0 Å². The van der Waals surface area contributed by atoms with E-state index < -0.39 is 0 Å². The van der Waals surface area contributed by atoms with Gasteiger partial charge < -0.3 is 4.98 Å². The van der Waals surface area contributed by atoms with E-state index in [-0.39, 0.29) is 0 Å². The SMILES string of the molecule is Cc1ccc(=S)[nH]c1C#N. The maximum absolute atomic E-state index is 8.52. The van der Waals surface area contributed by atoms with Crippen LogP contribution in [0.1, 0.15) is 11.3 Å². The Morgan fingerprint density at radius 3 is 2.80 bits per heavy atom. The van der Waals surface area contributed by atoms with Gasteiger partial charge in [0.05, 0.1) is 0 Å². The number of aromatic amines is 1. The van der Waals surface area contributed by atoms with E-state index in [1.54, 1.807) is 6.07 Å². The highest BCUT2D eigenvalue weighted by atomic mass is 32.1. The first-order valence-electron chi connectivity index (χ1n) is 2.84. The molecule has 1 heterocycles. The Labute approximate surface area is 64.1 Å². The Hall–Kier alpha value is -1.14. The maximum Gasteiger partial charge on any atom is 0.121 e. The topological polar surface area (TPSA) is 39.6 Å². The number of nitrogens with zero attached hydrogens (tertiary/aromatic N) is 1. The normalized spacial score (nSPS) is 8.80. The van der Waals surface area contributed by atoms with Crippen LogP contribution >= 0.6 is 12.2 Å². The van der Waals surface area contributed by atoms with E-state index in [0.29, 0.717) is 10.3 Å². The monoisotopic (exact) mass is 150 g/mol. The molecule has 0 fully saturated rings. The summed E-state index contributed by atoms with van der Waals surface area (Å²) in [6.07, 6.45) is 0. The second kappa shape index (κ2) is 2.63. The van der Waals surface area contributed by atoms with Crippen LogP contribution < -0.4 is 0 Å². The lowest BCUT2D eigenvalue weighted by atomic mass is 10.2. The highest BCUT2D eigenvalue weighted by molar-refractivity contribution is 7.71. The summed E-state index contributed by atoms with van der Waals surface area (Å²) in [5.74, 6) is 0. The number of hydrogen-bond acceptors (Lipinski definition) is 2. The van der Waals surface area contributed by atoms with Crippen LogP contribution in [0.3, 0.4) is 0 Å². The van der Waals surface area contributed by atoms with Crippen molar-refractivity contribution in [3.63, 3.8) is 0 Å². The van der Waals surface area contributed by atoms with Crippen LogP contribution in [0.25, 0.3) is 0 Å². The molecule has 1 aromatic rings. The fourth-order valence-corrected chi connectivity index (χ4v) is 0.834. The van der Waals surface area contributed by atoms with E-state index in [1.807, 2.05) is 19.1 Å². The highest BCUT2D eigenvalue weighted by Gasteiger charge is 1.92. The maximum atomic E-state index is 8.52. The minimum atomic E-state index is 0.549. The molecule has 0 aliphatic heterocycles. The van der Waals surface area contributed by atoms with Gasteiger partial charge in [0.1, 0.15) is 16.4 Å². The molecule has 10 heavy (non-hydrogen) atoms. The first kappa shape index (κ1) is 6.97. The molecular weight excluding hydrogens is 144 g/mol. The van der Waals surface area contributed by atoms with E-state index in [9.17, 15) is 0 Å². The minimum absolute atomic E-state index is 0.549. The second-order valence-corrected chi connectivity index (χ2v) is 2.43. The number of H-pyrrole nitrogens is 1. The standard InChI is InChI=1S/C7H6N2S/c1-5-2-3-7(10)9-6(5)4-8/h2-3H,1H3,(H,9,10). The minimum Gasteiger partial charge on any atom is -0.338 e. The lowest BCUT2D eigenvalue weighted by molar-refractivity contribution is 1.19. The molecule has 0 spiro atoms. The van der Waals surface area contributed by atoms with Crippen LogP contribution in [-0.4, -0.2) is 4.98 Å². The zero-order valence-corrected chi connectivity index (χ0v) is 6.33. The highest BCUT2D eigenvalue weighted by Crippen LogP contribution is 2.01. The van der Waals surface area contributed by atoms with E-state index in [0.717, 1.165) is 5.56 Å². The molecule has 0 unspecified atom stereocenters. The van der Waals surface area contributed by atoms with Gasteiger partial charge in [-0.05, 0) is 18.6 Å². The van der Waals surface area contributed by atoms with Gasteiger partial charge in [0.25, 0.3) is 0 Å². The zero-order valence-electron chi connectivity index (χ0n) is 5.51. The summed E-state index contributed by atoms with van der Waals surface area (Å²) in [5, 5.41) is 8.52. The molecule has 0 saturated heterocycles. The summed E-state index contributed by atoms with van der Waals surface area (Å²) >= 11 is 4.82. The van der Waals surface area contributed by atoms with Crippen molar-refractivity contribution in [2.24, 2.45) is 0 Å². The molecule has 1 rings (SSSR count). The van der Waals surface area contributed by atoms with E-state index in [4.69, 9.17) is 17.5 Å².